The van der Waals surface area contributed by atoms with Crippen molar-refractivity contribution in [1.29, 1.82) is 0 Å². The summed E-state index contributed by atoms with van der Waals surface area (Å²) >= 11 is 0. The van der Waals surface area contributed by atoms with Crippen molar-refractivity contribution in [3.8, 4) is 16.9 Å². The topological polar surface area (TPSA) is 66.8 Å². The van der Waals surface area contributed by atoms with Crippen molar-refractivity contribution in [3.05, 3.63) is 88.2 Å². The Bertz CT molecular complexity index is 1320. The van der Waals surface area contributed by atoms with Crippen LogP contribution in [-0.2, 0) is 41.8 Å². The zero-order valence-corrected chi connectivity index (χ0v) is 20.4. The summed E-state index contributed by atoms with van der Waals surface area (Å²) in [5, 5.41) is 9.24. The highest BCUT2D eigenvalue weighted by atomic mass is 19.1. The first kappa shape index (κ1) is 24.0. The van der Waals surface area contributed by atoms with Gasteiger partial charge in [0, 0.05) is 25.1 Å². The lowest BCUT2D eigenvalue weighted by Crippen LogP contribution is -2.38. The summed E-state index contributed by atoms with van der Waals surface area (Å²) in [6.07, 6.45) is 3.74. The van der Waals surface area contributed by atoms with Gasteiger partial charge in [-0.3, -0.25) is 9.59 Å². The SMILES string of the molecule is COc1ccc(CC(=O)O)cc1-c1ccc(F)c2c1CN(C(=O)CC1CCc3ccccc3C1)CC2. The number of methoxy groups -OCH3 is 1. The highest BCUT2D eigenvalue weighted by molar-refractivity contribution is 5.80. The van der Waals surface area contributed by atoms with E-state index < -0.39 is 5.97 Å². The predicted octanol–water partition coefficient (Wildman–Crippen LogP) is 5.21. The molecule has 0 saturated carbocycles. The van der Waals surface area contributed by atoms with Crippen LogP contribution in [0, 0.1) is 11.7 Å². The van der Waals surface area contributed by atoms with Crippen LogP contribution in [-0.4, -0.2) is 35.5 Å². The van der Waals surface area contributed by atoms with Gasteiger partial charge < -0.3 is 14.7 Å². The standard InChI is InChI=1S/C30H30FNO4/c1-36-28-11-7-20(17-30(34)35)15-25(28)23-9-10-27(31)24-12-13-32(18-26(23)24)29(33)16-19-6-8-21-4-2-3-5-22(21)14-19/h2-5,7,9-11,15,19H,6,8,12-14,16-18H2,1H3,(H,34,35). The quantitative estimate of drug-likeness (QED) is 0.519. The molecule has 186 valence electrons. The Morgan fingerprint density at radius 1 is 1.03 bits per heavy atom. The number of amides is 1. The lowest BCUT2D eigenvalue weighted by atomic mass is 9.82. The van der Waals surface area contributed by atoms with E-state index >= 15 is 0 Å². The first-order chi connectivity index (χ1) is 17.4. The van der Waals surface area contributed by atoms with E-state index in [1.165, 1.54) is 17.2 Å². The van der Waals surface area contributed by atoms with Crippen LogP contribution in [0.25, 0.3) is 11.1 Å². The van der Waals surface area contributed by atoms with Crippen molar-refractivity contribution in [2.24, 2.45) is 5.92 Å². The van der Waals surface area contributed by atoms with Crippen LogP contribution in [0.15, 0.2) is 54.6 Å². The van der Waals surface area contributed by atoms with Crippen LogP contribution in [0.5, 0.6) is 5.75 Å². The predicted molar refractivity (Wildman–Crippen MR) is 135 cm³/mol. The highest BCUT2D eigenvalue weighted by Crippen LogP contribution is 2.38. The number of ether oxygens (including phenoxy) is 1. The zero-order valence-electron chi connectivity index (χ0n) is 20.4. The number of rotatable bonds is 6. The molecule has 1 heterocycles. The average molecular weight is 488 g/mol. The first-order valence-corrected chi connectivity index (χ1v) is 12.5. The summed E-state index contributed by atoms with van der Waals surface area (Å²) in [5.41, 5.74) is 6.24. The van der Waals surface area contributed by atoms with Gasteiger partial charge in [0.05, 0.1) is 13.5 Å². The number of carbonyl (C=O) groups excluding carboxylic acids is 1. The third kappa shape index (κ3) is 4.85. The maximum absolute atomic E-state index is 14.8. The van der Waals surface area contributed by atoms with Crippen molar-refractivity contribution in [3.63, 3.8) is 0 Å². The minimum atomic E-state index is -0.922. The molecular weight excluding hydrogens is 457 g/mol. The van der Waals surface area contributed by atoms with Gasteiger partial charge in [-0.1, -0.05) is 36.4 Å². The Morgan fingerprint density at radius 3 is 2.61 bits per heavy atom. The van der Waals surface area contributed by atoms with Crippen LogP contribution in [0.4, 0.5) is 4.39 Å². The number of carbonyl (C=O) groups is 2. The molecule has 0 aromatic heterocycles. The van der Waals surface area contributed by atoms with Gasteiger partial charge in [-0.05, 0) is 83.2 Å². The molecular formula is C30H30FNO4. The van der Waals surface area contributed by atoms with Crippen LogP contribution >= 0.6 is 0 Å². The highest BCUT2D eigenvalue weighted by Gasteiger charge is 2.29. The molecule has 1 atom stereocenters. The molecule has 0 bridgehead atoms. The normalized spacial score (nSPS) is 16.7. The molecule has 3 aromatic rings. The van der Waals surface area contributed by atoms with E-state index in [1.54, 1.807) is 31.4 Å². The number of fused-ring (bicyclic) bond motifs is 2. The molecule has 0 radical (unpaired) electrons. The van der Waals surface area contributed by atoms with E-state index in [-0.39, 0.29) is 18.1 Å². The number of halogens is 1. The van der Waals surface area contributed by atoms with Gasteiger partial charge in [-0.2, -0.15) is 0 Å². The summed E-state index contributed by atoms with van der Waals surface area (Å²) in [5.74, 6) is -0.192. The number of nitrogens with zero attached hydrogens (tertiary/aromatic N) is 1. The minimum Gasteiger partial charge on any atom is -0.496 e. The monoisotopic (exact) mass is 487 g/mol. The lowest BCUT2D eigenvalue weighted by Gasteiger charge is -2.33. The lowest BCUT2D eigenvalue weighted by molar-refractivity contribution is -0.136. The number of benzene rings is 3. The molecule has 1 aliphatic heterocycles. The maximum Gasteiger partial charge on any atom is 0.307 e. The Hall–Kier alpha value is -3.67. The maximum atomic E-state index is 14.8. The third-order valence-corrected chi connectivity index (χ3v) is 7.53. The molecule has 5 nitrogen and oxygen atoms in total. The molecule has 0 fully saturated rings. The van der Waals surface area contributed by atoms with Crippen molar-refractivity contribution in [2.75, 3.05) is 13.7 Å². The smallest absolute Gasteiger partial charge is 0.307 e. The van der Waals surface area contributed by atoms with Gasteiger partial charge in [0.1, 0.15) is 11.6 Å². The van der Waals surface area contributed by atoms with E-state index in [2.05, 4.69) is 24.3 Å². The summed E-state index contributed by atoms with van der Waals surface area (Å²) in [6.45, 7) is 0.822. The molecule has 1 aliphatic carbocycles. The van der Waals surface area contributed by atoms with Crippen LogP contribution < -0.4 is 4.74 Å². The Morgan fingerprint density at radius 2 is 1.83 bits per heavy atom. The van der Waals surface area contributed by atoms with E-state index in [0.717, 1.165) is 30.4 Å². The van der Waals surface area contributed by atoms with Crippen molar-refractivity contribution >= 4 is 11.9 Å². The molecule has 1 N–H and O–H groups in total. The van der Waals surface area contributed by atoms with Gasteiger partial charge in [0.2, 0.25) is 5.91 Å². The number of carboxylic acids is 1. The summed E-state index contributed by atoms with van der Waals surface area (Å²) in [6, 6.07) is 16.9. The van der Waals surface area contributed by atoms with Crippen molar-refractivity contribution in [1.82, 2.24) is 4.90 Å². The largest absolute Gasteiger partial charge is 0.496 e. The number of carboxylic acid groups (broad SMARTS) is 1. The van der Waals surface area contributed by atoms with E-state index in [4.69, 9.17) is 4.74 Å². The number of hydrogen-bond donors (Lipinski definition) is 1. The molecule has 6 heteroatoms. The fourth-order valence-electron chi connectivity index (χ4n) is 5.67. The third-order valence-electron chi connectivity index (χ3n) is 7.53. The molecule has 0 saturated heterocycles. The molecule has 0 spiro atoms. The molecule has 36 heavy (non-hydrogen) atoms. The Kier molecular flexibility index (Phi) is 6.77. The van der Waals surface area contributed by atoms with Gasteiger partial charge in [-0.15, -0.1) is 0 Å². The minimum absolute atomic E-state index is 0.104. The van der Waals surface area contributed by atoms with Gasteiger partial charge >= 0.3 is 5.97 Å². The van der Waals surface area contributed by atoms with Gasteiger partial charge in [0.25, 0.3) is 0 Å². The fourth-order valence-corrected chi connectivity index (χ4v) is 5.67. The summed E-state index contributed by atoms with van der Waals surface area (Å²) in [7, 11) is 1.56. The van der Waals surface area contributed by atoms with E-state index in [1.807, 2.05) is 4.90 Å². The second-order valence-electron chi connectivity index (χ2n) is 9.80. The number of aliphatic carboxylic acids is 1. The molecule has 2 aliphatic rings. The molecule has 1 amide bonds. The van der Waals surface area contributed by atoms with Gasteiger partial charge in [0.15, 0.2) is 0 Å². The van der Waals surface area contributed by atoms with E-state index in [0.29, 0.717) is 54.3 Å². The van der Waals surface area contributed by atoms with Crippen molar-refractivity contribution in [2.45, 2.75) is 45.1 Å². The van der Waals surface area contributed by atoms with Crippen molar-refractivity contribution < 1.29 is 23.8 Å². The second-order valence-corrected chi connectivity index (χ2v) is 9.80. The van der Waals surface area contributed by atoms with Crippen LogP contribution in [0.3, 0.4) is 0 Å². The number of hydrogen-bond acceptors (Lipinski definition) is 3. The fraction of sp³-hybridized carbons (Fsp3) is 0.333. The second kappa shape index (κ2) is 10.1. The first-order valence-electron chi connectivity index (χ1n) is 12.5. The van der Waals surface area contributed by atoms with Crippen LogP contribution in [0.1, 0.15) is 40.7 Å². The van der Waals surface area contributed by atoms with E-state index in [9.17, 15) is 19.1 Å². The Balaban J connectivity index is 1.40. The summed E-state index contributed by atoms with van der Waals surface area (Å²) in [4.78, 5) is 26.5. The zero-order chi connectivity index (χ0) is 25.2. The molecule has 1 unspecified atom stereocenters. The van der Waals surface area contributed by atoms with Gasteiger partial charge in [-0.25, -0.2) is 4.39 Å². The molecule has 5 rings (SSSR count). The average Bonchev–Trinajstić information content (AvgIpc) is 2.88. The van der Waals surface area contributed by atoms with Crippen LogP contribution in [0.2, 0.25) is 0 Å². The molecule has 3 aromatic carbocycles. The summed E-state index contributed by atoms with van der Waals surface area (Å²) < 4.78 is 20.4. The number of aryl methyl sites for hydroxylation is 1. The Labute approximate surface area is 210 Å².